The van der Waals surface area contributed by atoms with E-state index in [9.17, 15) is 22.4 Å². The van der Waals surface area contributed by atoms with Crippen LogP contribution < -0.4 is 15.5 Å². The molecule has 0 aliphatic carbocycles. The zero-order valence-corrected chi connectivity index (χ0v) is 19.6. The summed E-state index contributed by atoms with van der Waals surface area (Å²) < 4.78 is 52.3. The van der Waals surface area contributed by atoms with Crippen molar-refractivity contribution in [2.75, 3.05) is 30.4 Å². The van der Waals surface area contributed by atoms with Crippen molar-refractivity contribution in [1.82, 2.24) is 20.3 Å². The van der Waals surface area contributed by atoms with E-state index in [0.717, 1.165) is 25.0 Å². The first-order chi connectivity index (χ1) is 17.2. The van der Waals surface area contributed by atoms with E-state index in [-0.39, 0.29) is 24.2 Å². The fourth-order valence-electron chi connectivity index (χ4n) is 4.10. The van der Waals surface area contributed by atoms with Crippen molar-refractivity contribution in [2.24, 2.45) is 5.92 Å². The Labute approximate surface area is 206 Å². The van der Waals surface area contributed by atoms with Crippen molar-refractivity contribution >= 4 is 17.8 Å². The van der Waals surface area contributed by atoms with E-state index in [4.69, 9.17) is 0 Å². The van der Waals surface area contributed by atoms with Gasteiger partial charge in [0.15, 0.2) is 5.82 Å². The first kappa shape index (κ1) is 25.3. The van der Waals surface area contributed by atoms with Gasteiger partial charge in [0.25, 0.3) is 0 Å². The summed E-state index contributed by atoms with van der Waals surface area (Å²) in [5.41, 5.74) is 0.210. The van der Waals surface area contributed by atoms with E-state index >= 15 is 0 Å². The Morgan fingerprint density at radius 1 is 1.06 bits per heavy atom. The molecule has 1 aliphatic rings. The second-order valence-corrected chi connectivity index (χ2v) is 8.65. The molecule has 0 saturated carbocycles. The van der Waals surface area contributed by atoms with Crippen molar-refractivity contribution in [1.29, 1.82) is 0 Å². The van der Waals surface area contributed by atoms with Gasteiger partial charge >= 0.3 is 6.18 Å². The van der Waals surface area contributed by atoms with Gasteiger partial charge in [-0.25, -0.2) is 4.39 Å². The van der Waals surface area contributed by atoms with E-state index < -0.39 is 11.7 Å². The van der Waals surface area contributed by atoms with Crippen LogP contribution in [0.15, 0.2) is 48.5 Å². The maximum Gasteiger partial charge on any atom is 0.416 e. The number of alkyl halides is 3. The molecule has 11 heteroatoms. The maximum atomic E-state index is 13.7. The van der Waals surface area contributed by atoms with Crippen LogP contribution in [0.1, 0.15) is 30.4 Å². The Morgan fingerprint density at radius 2 is 1.81 bits per heavy atom. The summed E-state index contributed by atoms with van der Waals surface area (Å²) in [6, 6.07) is 11.0. The van der Waals surface area contributed by atoms with Gasteiger partial charge in [0, 0.05) is 38.7 Å². The molecule has 0 radical (unpaired) electrons. The molecule has 2 aromatic carbocycles. The molecule has 1 saturated heterocycles. The van der Waals surface area contributed by atoms with E-state index in [2.05, 4.69) is 25.6 Å². The summed E-state index contributed by atoms with van der Waals surface area (Å²) in [5.74, 6) is 0.761. The molecule has 2 heterocycles. The molecule has 1 aliphatic heterocycles. The average Bonchev–Trinajstić information content (AvgIpc) is 2.87. The standard InChI is InChI=1S/C25H26F4N6O/c1-30-23-32-22(18-5-3-7-20(26)14-18)33-24(34-23)35-10-8-16(9-11-35)13-21(36)31-15-17-4-2-6-19(12-17)25(27,28)29/h2-7,12,14,16H,8-11,13,15H2,1H3,(H,31,36)(H,30,32,33,34). The number of rotatable bonds is 7. The smallest absolute Gasteiger partial charge is 0.357 e. The first-order valence-corrected chi connectivity index (χ1v) is 11.6. The van der Waals surface area contributed by atoms with Crippen LogP contribution in [0.2, 0.25) is 0 Å². The molecule has 1 aromatic heterocycles. The van der Waals surface area contributed by atoms with Crippen LogP contribution in [0.3, 0.4) is 0 Å². The number of carbonyl (C=O) groups is 1. The lowest BCUT2D eigenvalue weighted by Crippen LogP contribution is -2.37. The number of aromatic nitrogens is 3. The average molecular weight is 503 g/mol. The minimum atomic E-state index is -4.42. The number of nitrogens with zero attached hydrogens (tertiary/aromatic N) is 4. The highest BCUT2D eigenvalue weighted by Gasteiger charge is 2.30. The molecule has 190 valence electrons. The molecule has 0 bridgehead atoms. The molecule has 0 spiro atoms. The van der Waals surface area contributed by atoms with E-state index in [1.165, 1.54) is 18.2 Å². The van der Waals surface area contributed by atoms with Crippen molar-refractivity contribution in [3.63, 3.8) is 0 Å². The Balaban J connectivity index is 1.32. The number of carbonyl (C=O) groups excluding carboxylic acids is 1. The van der Waals surface area contributed by atoms with Crippen molar-refractivity contribution in [2.45, 2.75) is 32.0 Å². The highest BCUT2D eigenvalue weighted by Crippen LogP contribution is 2.30. The number of benzene rings is 2. The van der Waals surface area contributed by atoms with E-state index in [1.807, 2.05) is 4.90 Å². The van der Waals surface area contributed by atoms with Crippen LogP contribution in [0.4, 0.5) is 29.5 Å². The van der Waals surface area contributed by atoms with Crippen LogP contribution in [-0.2, 0) is 17.5 Å². The lowest BCUT2D eigenvalue weighted by atomic mass is 9.93. The zero-order chi connectivity index (χ0) is 25.7. The third-order valence-corrected chi connectivity index (χ3v) is 6.05. The quantitative estimate of drug-likeness (QED) is 0.458. The molecular weight excluding hydrogens is 476 g/mol. The third kappa shape index (κ3) is 6.46. The highest BCUT2D eigenvalue weighted by molar-refractivity contribution is 5.76. The van der Waals surface area contributed by atoms with E-state index in [0.29, 0.717) is 48.4 Å². The topological polar surface area (TPSA) is 83.0 Å². The van der Waals surface area contributed by atoms with Crippen LogP contribution in [-0.4, -0.2) is 41.0 Å². The fourth-order valence-corrected chi connectivity index (χ4v) is 4.10. The van der Waals surface area contributed by atoms with Gasteiger partial charge in [-0.3, -0.25) is 4.79 Å². The van der Waals surface area contributed by atoms with Gasteiger partial charge in [-0.2, -0.15) is 28.1 Å². The molecule has 0 unspecified atom stereocenters. The fraction of sp³-hybridized carbons (Fsp3) is 0.360. The van der Waals surface area contributed by atoms with Gasteiger partial charge in [-0.15, -0.1) is 0 Å². The molecule has 2 N–H and O–H groups in total. The zero-order valence-electron chi connectivity index (χ0n) is 19.6. The second-order valence-electron chi connectivity index (χ2n) is 8.65. The molecule has 4 rings (SSSR count). The number of hydrogen-bond donors (Lipinski definition) is 2. The monoisotopic (exact) mass is 502 g/mol. The Bertz CT molecular complexity index is 1210. The molecule has 36 heavy (non-hydrogen) atoms. The highest BCUT2D eigenvalue weighted by atomic mass is 19.4. The number of halogens is 4. The largest absolute Gasteiger partial charge is 0.416 e. The normalized spacial score (nSPS) is 14.5. The summed E-state index contributed by atoms with van der Waals surface area (Å²) >= 11 is 0. The molecular formula is C25H26F4N6O. The predicted octanol–water partition coefficient (Wildman–Crippen LogP) is 4.66. The summed E-state index contributed by atoms with van der Waals surface area (Å²) in [4.78, 5) is 27.7. The van der Waals surface area contributed by atoms with Gasteiger partial charge in [0.1, 0.15) is 5.82 Å². The third-order valence-electron chi connectivity index (χ3n) is 6.05. The van der Waals surface area contributed by atoms with Gasteiger partial charge in [0.05, 0.1) is 5.56 Å². The van der Waals surface area contributed by atoms with Crippen molar-refractivity contribution < 1.29 is 22.4 Å². The lowest BCUT2D eigenvalue weighted by Gasteiger charge is -2.32. The Kier molecular flexibility index (Phi) is 7.66. The van der Waals surface area contributed by atoms with Gasteiger partial charge < -0.3 is 15.5 Å². The summed E-state index contributed by atoms with van der Waals surface area (Å²) in [6.45, 7) is 1.30. The van der Waals surface area contributed by atoms with E-state index in [1.54, 1.807) is 25.2 Å². The first-order valence-electron chi connectivity index (χ1n) is 11.6. The Morgan fingerprint density at radius 3 is 2.50 bits per heavy atom. The maximum absolute atomic E-state index is 13.7. The van der Waals surface area contributed by atoms with Gasteiger partial charge in [0.2, 0.25) is 17.8 Å². The minimum absolute atomic E-state index is 0.0438. The molecule has 1 fully saturated rings. The minimum Gasteiger partial charge on any atom is -0.357 e. The van der Waals surface area contributed by atoms with Crippen LogP contribution in [0.25, 0.3) is 11.4 Å². The Hall–Kier alpha value is -3.76. The lowest BCUT2D eigenvalue weighted by molar-refractivity contribution is -0.137. The predicted molar refractivity (Wildman–Crippen MR) is 128 cm³/mol. The van der Waals surface area contributed by atoms with Crippen LogP contribution >= 0.6 is 0 Å². The van der Waals surface area contributed by atoms with Gasteiger partial charge in [-0.05, 0) is 48.6 Å². The number of anilines is 2. The van der Waals surface area contributed by atoms with Crippen molar-refractivity contribution in [3.05, 3.63) is 65.5 Å². The summed E-state index contributed by atoms with van der Waals surface area (Å²) in [6.07, 6.45) is -2.67. The molecule has 1 amide bonds. The summed E-state index contributed by atoms with van der Waals surface area (Å²) in [7, 11) is 1.69. The van der Waals surface area contributed by atoms with Crippen LogP contribution in [0, 0.1) is 11.7 Å². The number of hydrogen-bond acceptors (Lipinski definition) is 6. The van der Waals surface area contributed by atoms with Crippen LogP contribution in [0.5, 0.6) is 0 Å². The molecule has 7 nitrogen and oxygen atoms in total. The molecule has 0 atom stereocenters. The van der Waals surface area contributed by atoms with Gasteiger partial charge in [-0.1, -0.05) is 24.3 Å². The SMILES string of the molecule is CNc1nc(-c2cccc(F)c2)nc(N2CCC(CC(=O)NCc3cccc(C(F)(F)F)c3)CC2)n1. The van der Waals surface area contributed by atoms with Crippen molar-refractivity contribution in [3.8, 4) is 11.4 Å². The number of amides is 1. The number of piperidine rings is 1. The molecule has 3 aromatic rings. The number of nitrogens with one attached hydrogen (secondary N) is 2. The summed E-state index contributed by atoms with van der Waals surface area (Å²) in [5, 5.41) is 5.63. The second kappa shape index (κ2) is 10.9.